The van der Waals surface area contributed by atoms with E-state index in [2.05, 4.69) is 0 Å². The van der Waals surface area contributed by atoms with E-state index in [0.717, 1.165) is 4.90 Å². The lowest BCUT2D eigenvalue weighted by Gasteiger charge is -2.17. The topological polar surface area (TPSA) is 55.6 Å². The maximum absolute atomic E-state index is 13.1. The van der Waals surface area contributed by atoms with E-state index in [4.69, 9.17) is 10.5 Å². The Labute approximate surface area is 116 Å². The Morgan fingerprint density at radius 3 is 2.65 bits per heavy atom. The number of carbonyl (C=O) groups excluding carboxylic acids is 1. The minimum absolute atomic E-state index is 0.0314. The summed E-state index contributed by atoms with van der Waals surface area (Å²) >= 11 is 0. The number of halogens is 2. The van der Waals surface area contributed by atoms with Gasteiger partial charge in [-0.25, -0.2) is 8.78 Å². The lowest BCUT2D eigenvalue weighted by Crippen LogP contribution is -2.31. The van der Waals surface area contributed by atoms with Gasteiger partial charge in [-0.1, -0.05) is 0 Å². The second kappa shape index (κ2) is 5.26. The van der Waals surface area contributed by atoms with E-state index in [-0.39, 0.29) is 19.1 Å². The second-order valence-corrected chi connectivity index (χ2v) is 5.25. The molecule has 110 valence electrons. The van der Waals surface area contributed by atoms with Gasteiger partial charge in [0.1, 0.15) is 5.75 Å². The summed E-state index contributed by atoms with van der Waals surface area (Å²) in [6.45, 7) is 3.27. The number of nitrogens with two attached hydrogens (primary N) is 1. The van der Waals surface area contributed by atoms with Crippen molar-refractivity contribution >= 4 is 11.6 Å². The van der Waals surface area contributed by atoms with E-state index >= 15 is 0 Å². The standard InChI is InChI=1S/C14H18F2N2O2/c1-9(2)20-12-4-3-10(7-11(12)17)13(19)18-6-5-14(15,16)8-18/h3-4,7,9H,5-6,8,17H2,1-2H3. The van der Waals surface area contributed by atoms with Crippen molar-refractivity contribution in [1.82, 2.24) is 4.90 Å². The molecule has 1 heterocycles. The van der Waals surface area contributed by atoms with Crippen LogP contribution in [0.1, 0.15) is 30.6 Å². The summed E-state index contributed by atoms with van der Waals surface area (Å²) in [6, 6.07) is 4.61. The number of amides is 1. The second-order valence-electron chi connectivity index (χ2n) is 5.25. The fraction of sp³-hybridized carbons (Fsp3) is 0.500. The third-order valence-corrected chi connectivity index (χ3v) is 3.08. The van der Waals surface area contributed by atoms with E-state index in [1.54, 1.807) is 12.1 Å². The van der Waals surface area contributed by atoms with Gasteiger partial charge >= 0.3 is 0 Å². The van der Waals surface area contributed by atoms with Gasteiger partial charge in [-0.15, -0.1) is 0 Å². The fourth-order valence-electron chi connectivity index (χ4n) is 2.13. The number of hydrogen-bond acceptors (Lipinski definition) is 3. The van der Waals surface area contributed by atoms with E-state index in [9.17, 15) is 13.6 Å². The fourth-order valence-corrected chi connectivity index (χ4v) is 2.13. The number of carbonyl (C=O) groups is 1. The van der Waals surface area contributed by atoms with E-state index < -0.39 is 18.4 Å². The number of benzene rings is 1. The quantitative estimate of drug-likeness (QED) is 0.868. The van der Waals surface area contributed by atoms with Crippen LogP contribution in [0.5, 0.6) is 5.75 Å². The van der Waals surface area contributed by atoms with Crippen LogP contribution in [-0.2, 0) is 0 Å². The molecule has 1 aliphatic rings. The highest BCUT2D eigenvalue weighted by molar-refractivity contribution is 5.95. The average Bonchev–Trinajstić information content (AvgIpc) is 2.71. The molecule has 4 nitrogen and oxygen atoms in total. The van der Waals surface area contributed by atoms with Crippen LogP contribution in [-0.4, -0.2) is 35.9 Å². The molecule has 20 heavy (non-hydrogen) atoms. The number of anilines is 1. The first-order chi connectivity index (χ1) is 9.28. The molecule has 0 unspecified atom stereocenters. The van der Waals surface area contributed by atoms with Crippen molar-refractivity contribution in [3.8, 4) is 5.75 Å². The predicted molar refractivity (Wildman–Crippen MR) is 72.1 cm³/mol. The van der Waals surface area contributed by atoms with Crippen LogP contribution in [0.3, 0.4) is 0 Å². The maximum atomic E-state index is 13.1. The molecule has 2 rings (SSSR count). The van der Waals surface area contributed by atoms with Gasteiger partial charge in [0, 0.05) is 18.5 Å². The van der Waals surface area contributed by atoms with Crippen LogP contribution in [0.15, 0.2) is 18.2 Å². The number of likely N-dealkylation sites (tertiary alicyclic amines) is 1. The predicted octanol–water partition coefficient (Wildman–Crippen LogP) is 2.54. The first-order valence-corrected chi connectivity index (χ1v) is 6.52. The first kappa shape index (κ1) is 14.6. The first-order valence-electron chi connectivity index (χ1n) is 6.52. The van der Waals surface area contributed by atoms with Crippen molar-refractivity contribution in [2.75, 3.05) is 18.8 Å². The van der Waals surface area contributed by atoms with E-state index in [0.29, 0.717) is 17.0 Å². The molecule has 1 aromatic rings. The normalized spacial score (nSPS) is 17.6. The van der Waals surface area contributed by atoms with Crippen LogP contribution in [0.25, 0.3) is 0 Å². The number of hydrogen-bond donors (Lipinski definition) is 1. The van der Waals surface area contributed by atoms with Crippen molar-refractivity contribution < 1.29 is 18.3 Å². The number of alkyl halides is 2. The molecule has 0 spiro atoms. The van der Waals surface area contributed by atoms with Gasteiger partial charge in [0.2, 0.25) is 0 Å². The number of ether oxygens (including phenoxy) is 1. The van der Waals surface area contributed by atoms with Crippen LogP contribution in [0.2, 0.25) is 0 Å². The van der Waals surface area contributed by atoms with E-state index in [1.807, 2.05) is 13.8 Å². The monoisotopic (exact) mass is 284 g/mol. The minimum atomic E-state index is -2.79. The zero-order valence-electron chi connectivity index (χ0n) is 11.5. The molecule has 1 aliphatic heterocycles. The molecule has 0 bridgehead atoms. The maximum Gasteiger partial charge on any atom is 0.267 e. The summed E-state index contributed by atoms with van der Waals surface area (Å²) in [6.07, 6.45) is -0.320. The van der Waals surface area contributed by atoms with Crippen molar-refractivity contribution in [2.45, 2.75) is 32.3 Å². The summed E-state index contributed by atoms with van der Waals surface area (Å²) in [5.41, 5.74) is 6.45. The van der Waals surface area contributed by atoms with Gasteiger partial charge in [-0.05, 0) is 32.0 Å². The summed E-state index contributed by atoms with van der Waals surface area (Å²) in [5.74, 6) is -2.73. The number of nitrogens with zero attached hydrogens (tertiary/aromatic N) is 1. The molecule has 1 aromatic carbocycles. The van der Waals surface area contributed by atoms with Crippen LogP contribution in [0, 0.1) is 0 Å². The number of rotatable bonds is 3. The van der Waals surface area contributed by atoms with Crippen molar-refractivity contribution in [1.29, 1.82) is 0 Å². The Hall–Kier alpha value is -1.85. The summed E-state index contributed by atoms with van der Waals surface area (Å²) in [7, 11) is 0. The molecule has 1 fully saturated rings. The third-order valence-electron chi connectivity index (χ3n) is 3.08. The van der Waals surface area contributed by atoms with Crippen LogP contribution >= 0.6 is 0 Å². The smallest absolute Gasteiger partial charge is 0.267 e. The molecule has 0 radical (unpaired) electrons. The molecular weight excluding hydrogens is 266 g/mol. The third kappa shape index (κ3) is 3.18. The summed E-state index contributed by atoms with van der Waals surface area (Å²) < 4.78 is 31.7. The van der Waals surface area contributed by atoms with Crippen molar-refractivity contribution in [3.05, 3.63) is 23.8 Å². The van der Waals surface area contributed by atoms with Crippen molar-refractivity contribution in [3.63, 3.8) is 0 Å². The Morgan fingerprint density at radius 2 is 2.15 bits per heavy atom. The Balaban J connectivity index is 2.13. The SMILES string of the molecule is CC(C)Oc1ccc(C(=O)N2CCC(F)(F)C2)cc1N. The highest BCUT2D eigenvalue weighted by atomic mass is 19.3. The lowest BCUT2D eigenvalue weighted by molar-refractivity contribution is 0.0120. The molecule has 0 aromatic heterocycles. The molecule has 2 N–H and O–H groups in total. The highest BCUT2D eigenvalue weighted by Gasteiger charge is 2.40. The van der Waals surface area contributed by atoms with Crippen molar-refractivity contribution in [2.24, 2.45) is 0 Å². The Morgan fingerprint density at radius 1 is 1.45 bits per heavy atom. The van der Waals surface area contributed by atoms with Gasteiger partial charge in [-0.2, -0.15) is 0 Å². The van der Waals surface area contributed by atoms with Gasteiger partial charge < -0.3 is 15.4 Å². The van der Waals surface area contributed by atoms with Crippen LogP contribution in [0.4, 0.5) is 14.5 Å². The molecule has 0 saturated carbocycles. The number of nitrogen functional groups attached to an aromatic ring is 1. The van der Waals surface area contributed by atoms with Gasteiger partial charge in [0.25, 0.3) is 11.8 Å². The largest absolute Gasteiger partial charge is 0.489 e. The minimum Gasteiger partial charge on any atom is -0.489 e. The zero-order valence-corrected chi connectivity index (χ0v) is 11.5. The van der Waals surface area contributed by atoms with Crippen LogP contribution < -0.4 is 10.5 Å². The molecular formula is C14H18F2N2O2. The molecule has 6 heteroatoms. The molecule has 1 amide bonds. The van der Waals surface area contributed by atoms with Gasteiger partial charge in [-0.3, -0.25) is 4.79 Å². The molecule has 0 atom stereocenters. The summed E-state index contributed by atoms with van der Waals surface area (Å²) in [4.78, 5) is 13.3. The molecule has 0 aliphatic carbocycles. The van der Waals surface area contributed by atoms with E-state index in [1.165, 1.54) is 6.07 Å². The zero-order chi connectivity index (χ0) is 14.9. The Bertz CT molecular complexity index is 518. The van der Waals surface area contributed by atoms with Gasteiger partial charge in [0.05, 0.1) is 18.3 Å². The Kier molecular flexibility index (Phi) is 3.83. The highest BCUT2D eigenvalue weighted by Crippen LogP contribution is 2.29. The average molecular weight is 284 g/mol. The van der Waals surface area contributed by atoms with Gasteiger partial charge in [0.15, 0.2) is 0 Å². The lowest BCUT2D eigenvalue weighted by atomic mass is 10.1. The molecule has 1 saturated heterocycles. The summed E-state index contributed by atoms with van der Waals surface area (Å²) in [5, 5.41) is 0.